The fourth-order valence-electron chi connectivity index (χ4n) is 2.48. The van der Waals surface area contributed by atoms with E-state index in [1.54, 1.807) is 5.38 Å². The van der Waals surface area contributed by atoms with E-state index in [9.17, 15) is 9.59 Å². The van der Waals surface area contributed by atoms with E-state index in [-0.39, 0.29) is 11.8 Å². The molecule has 1 fully saturated rings. The summed E-state index contributed by atoms with van der Waals surface area (Å²) in [4.78, 5) is 30.2. The molecule has 2 rings (SSSR count). The lowest BCUT2D eigenvalue weighted by Crippen LogP contribution is -2.39. The second-order valence-electron chi connectivity index (χ2n) is 5.71. The Morgan fingerprint density at radius 3 is 2.77 bits per heavy atom. The minimum absolute atomic E-state index is 0.196. The Morgan fingerprint density at radius 2 is 2.18 bits per heavy atom. The molecule has 1 aromatic heterocycles. The van der Waals surface area contributed by atoms with Crippen LogP contribution in [0, 0.1) is 5.92 Å². The summed E-state index contributed by atoms with van der Waals surface area (Å²) in [7, 11) is 1.35. The molecule has 1 heterocycles. The normalized spacial score (nSPS) is 14.5. The summed E-state index contributed by atoms with van der Waals surface area (Å²) < 4.78 is 4.67. The third kappa shape index (κ3) is 4.29. The van der Waals surface area contributed by atoms with Gasteiger partial charge in [-0.25, -0.2) is 9.78 Å². The van der Waals surface area contributed by atoms with Crippen LogP contribution in [0.1, 0.15) is 60.9 Å². The second-order valence-corrected chi connectivity index (χ2v) is 6.66. The molecule has 1 aliphatic rings. The largest absolute Gasteiger partial charge is 0.464 e. The lowest BCUT2D eigenvalue weighted by Gasteiger charge is -2.31. The van der Waals surface area contributed by atoms with Gasteiger partial charge in [0.25, 0.3) is 0 Å². The smallest absolute Gasteiger partial charge is 0.357 e. The zero-order valence-electron chi connectivity index (χ0n) is 13.3. The lowest BCUT2D eigenvalue weighted by atomic mass is 9.84. The van der Waals surface area contributed by atoms with Crippen molar-refractivity contribution in [1.82, 2.24) is 9.88 Å². The van der Waals surface area contributed by atoms with Gasteiger partial charge < -0.3 is 9.64 Å². The molecule has 122 valence electrons. The van der Waals surface area contributed by atoms with Crippen molar-refractivity contribution in [2.24, 2.45) is 5.92 Å². The summed E-state index contributed by atoms with van der Waals surface area (Å²) in [6, 6.07) is 0. The maximum absolute atomic E-state index is 12.5. The predicted molar refractivity (Wildman–Crippen MR) is 85.7 cm³/mol. The molecule has 0 saturated heterocycles. The van der Waals surface area contributed by atoms with E-state index in [0.717, 1.165) is 50.1 Å². The second kappa shape index (κ2) is 8.27. The number of carbonyl (C=O) groups excluding carboxylic acids is 2. The van der Waals surface area contributed by atoms with Gasteiger partial charge >= 0.3 is 5.97 Å². The maximum Gasteiger partial charge on any atom is 0.357 e. The highest BCUT2D eigenvalue weighted by atomic mass is 32.1. The minimum Gasteiger partial charge on any atom is -0.464 e. The van der Waals surface area contributed by atoms with Crippen molar-refractivity contribution in [2.45, 2.75) is 52.0 Å². The zero-order chi connectivity index (χ0) is 15.9. The Bertz CT molecular complexity index is 511. The number of carbonyl (C=O) groups is 2. The first kappa shape index (κ1) is 16.9. The average molecular weight is 324 g/mol. The van der Waals surface area contributed by atoms with Gasteiger partial charge in [0, 0.05) is 17.8 Å². The van der Waals surface area contributed by atoms with Gasteiger partial charge in [0.2, 0.25) is 5.91 Å². The van der Waals surface area contributed by atoms with E-state index in [0.29, 0.717) is 12.2 Å². The Labute approximate surface area is 135 Å². The summed E-state index contributed by atoms with van der Waals surface area (Å²) in [5.74, 6) is 0.0178. The number of ether oxygens (including phenoxy) is 1. The first-order valence-electron chi connectivity index (χ1n) is 7.97. The van der Waals surface area contributed by atoms with Crippen LogP contribution in [-0.4, -0.2) is 35.4 Å². The summed E-state index contributed by atoms with van der Waals surface area (Å²) in [6.45, 7) is 3.43. The topological polar surface area (TPSA) is 59.5 Å². The highest BCUT2D eigenvalue weighted by Crippen LogP contribution is 2.29. The average Bonchev–Trinajstić information content (AvgIpc) is 2.92. The molecule has 0 aromatic carbocycles. The van der Waals surface area contributed by atoms with Gasteiger partial charge in [-0.2, -0.15) is 0 Å². The Balaban J connectivity index is 1.99. The number of esters is 1. The monoisotopic (exact) mass is 324 g/mol. The van der Waals surface area contributed by atoms with Gasteiger partial charge in [0.1, 0.15) is 5.01 Å². The van der Waals surface area contributed by atoms with E-state index < -0.39 is 5.97 Å². The highest BCUT2D eigenvalue weighted by Gasteiger charge is 2.29. The summed E-state index contributed by atoms with van der Waals surface area (Å²) in [6.07, 6.45) is 6.45. The van der Waals surface area contributed by atoms with Crippen molar-refractivity contribution in [2.75, 3.05) is 13.7 Å². The molecule has 1 amide bonds. The number of aromatic nitrogens is 1. The summed E-state index contributed by atoms with van der Waals surface area (Å²) in [5, 5.41) is 2.49. The van der Waals surface area contributed by atoms with Gasteiger partial charge in [0.05, 0.1) is 13.7 Å². The Kier molecular flexibility index (Phi) is 6.36. The lowest BCUT2D eigenvalue weighted by molar-refractivity contribution is -0.138. The SMILES string of the molecule is CCCCCN(Cc1nc(C(=O)OC)cs1)C(=O)C1CCC1. The molecule has 1 saturated carbocycles. The number of rotatable bonds is 8. The summed E-state index contributed by atoms with van der Waals surface area (Å²) in [5.41, 5.74) is 0.326. The van der Waals surface area contributed by atoms with Crippen molar-refractivity contribution in [3.63, 3.8) is 0 Å². The highest BCUT2D eigenvalue weighted by molar-refractivity contribution is 7.09. The van der Waals surface area contributed by atoms with Crippen LogP contribution in [0.4, 0.5) is 0 Å². The standard InChI is InChI=1S/C16H24N2O3S/c1-3-4-5-9-18(15(19)12-7-6-8-12)10-14-17-13(11-22-14)16(20)21-2/h11-12H,3-10H2,1-2H3. The molecule has 0 spiro atoms. The molecule has 6 heteroatoms. The predicted octanol–water partition coefficient (Wildman–Crippen LogP) is 3.25. The summed E-state index contributed by atoms with van der Waals surface area (Å²) >= 11 is 1.41. The zero-order valence-corrected chi connectivity index (χ0v) is 14.2. The molecule has 0 aliphatic heterocycles. The third-order valence-electron chi connectivity index (χ3n) is 4.07. The van der Waals surface area contributed by atoms with Gasteiger partial charge in [-0.15, -0.1) is 11.3 Å². The van der Waals surface area contributed by atoms with E-state index in [1.165, 1.54) is 18.4 Å². The molecule has 1 aromatic rings. The van der Waals surface area contributed by atoms with Crippen LogP contribution in [-0.2, 0) is 16.1 Å². The van der Waals surface area contributed by atoms with Crippen LogP contribution in [0.2, 0.25) is 0 Å². The van der Waals surface area contributed by atoms with Crippen LogP contribution in [0.5, 0.6) is 0 Å². The van der Waals surface area contributed by atoms with Crippen molar-refractivity contribution in [3.05, 3.63) is 16.1 Å². The van der Waals surface area contributed by atoms with Crippen molar-refractivity contribution < 1.29 is 14.3 Å². The van der Waals surface area contributed by atoms with E-state index >= 15 is 0 Å². The fourth-order valence-corrected chi connectivity index (χ4v) is 3.26. The van der Waals surface area contributed by atoms with Gasteiger partial charge in [0.15, 0.2) is 5.69 Å². The molecule has 0 radical (unpaired) electrons. The van der Waals surface area contributed by atoms with Crippen LogP contribution in [0.3, 0.4) is 0 Å². The van der Waals surface area contributed by atoms with Gasteiger partial charge in [-0.1, -0.05) is 26.2 Å². The van der Waals surface area contributed by atoms with E-state index in [4.69, 9.17) is 0 Å². The number of thiazole rings is 1. The number of unbranched alkanes of at least 4 members (excludes halogenated alkanes) is 2. The Morgan fingerprint density at radius 1 is 1.41 bits per heavy atom. The molecule has 0 N–H and O–H groups in total. The number of nitrogens with zero attached hydrogens (tertiary/aromatic N) is 2. The first-order valence-corrected chi connectivity index (χ1v) is 8.85. The number of hydrogen-bond donors (Lipinski definition) is 0. The number of amides is 1. The molecule has 1 aliphatic carbocycles. The van der Waals surface area contributed by atoms with E-state index in [1.807, 2.05) is 4.90 Å². The van der Waals surface area contributed by atoms with Crippen LogP contribution < -0.4 is 0 Å². The molecule has 5 nitrogen and oxygen atoms in total. The van der Waals surface area contributed by atoms with Crippen LogP contribution in [0.25, 0.3) is 0 Å². The first-order chi connectivity index (χ1) is 10.7. The molecule has 0 unspecified atom stereocenters. The molecule has 0 atom stereocenters. The molecule has 22 heavy (non-hydrogen) atoms. The molecular formula is C16H24N2O3S. The Hall–Kier alpha value is -1.43. The van der Waals surface area contributed by atoms with Gasteiger partial charge in [-0.05, 0) is 19.3 Å². The number of hydrogen-bond acceptors (Lipinski definition) is 5. The maximum atomic E-state index is 12.5. The van der Waals surface area contributed by atoms with Crippen molar-refractivity contribution in [3.8, 4) is 0 Å². The fraction of sp³-hybridized carbons (Fsp3) is 0.688. The quantitative estimate of drug-likeness (QED) is 0.544. The van der Waals surface area contributed by atoms with Crippen molar-refractivity contribution >= 4 is 23.2 Å². The van der Waals surface area contributed by atoms with Crippen LogP contribution >= 0.6 is 11.3 Å². The van der Waals surface area contributed by atoms with Crippen LogP contribution in [0.15, 0.2) is 5.38 Å². The number of methoxy groups -OCH3 is 1. The molecule has 0 bridgehead atoms. The van der Waals surface area contributed by atoms with Gasteiger partial charge in [-0.3, -0.25) is 4.79 Å². The molecular weight excluding hydrogens is 300 g/mol. The minimum atomic E-state index is -0.426. The van der Waals surface area contributed by atoms with E-state index in [2.05, 4.69) is 16.6 Å². The third-order valence-corrected chi connectivity index (χ3v) is 4.90. The van der Waals surface area contributed by atoms with Crippen molar-refractivity contribution in [1.29, 1.82) is 0 Å².